The minimum Gasteiger partial charge on any atom is -0.370 e. The number of benzene rings is 1. The molecular formula is C15H17N5. The topological polar surface area (TPSA) is 78.9 Å². The number of nitrogens with one attached hydrogen (secondary N) is 1. The number of aryl methyl sites for hydroxylation is 1. The normalized spacial score (nSPS) is 10.1. The summed E-state index contributed by atoms with van der Waals surface area (Å²) in [6, 6.07) is 11.7. The fourth-order valence-corrected chi connectivity index (χ4v) is 1.85. The lowest BCUT2D eigenvalue weighted by Gasteiger charge is -2.19. The van der Waals surface area contributed by atoms with Crippen LogP contribution in [0.4, 0.5) is 5.95 Å². The summed E-state index contributed by atoms with van der Waals surface area (Å²) in [5.74, 6) is 0.311. The molecule has 0 amide bonds. The number of aromatic nitrogens is 2. The molecule has 0 saturated carbocycles. The number of hydrogen-bond donors (Lipinski definition) is 2. The SMILES string of the molecule is C=CCN(C(=N)N)c1nc(C)cc(-c2ccccc2)n1. The van der Waals surface area contributed by atoms with Gasteiger partial charge in [0.2, 0.25) is 5.95 Å². The maximum atomic E-state index is 7.61. The van der Waals surface area contributed by atoms with Crippen molar-refractivity contribution in [1.29, 1.82) is 5.41 Å². The largest absolute Gasteiger partial charge is 0.370 e. The summed E-state index contributed by atoms with van der Waals surface area (Å²) in [4.78, 5) is 10.3. The predicted molar refractivity (Wildman–Crippen MR) is 81.7 cm³/mol. The summed E-state index contributed by atoms with van der Waals surface area (Å²) in [5, 5.41) is 7.61. The predicted octanol–water partition coefficient (Wildman–Crippen LogP) is 2.34. The Hall–Kier alpha value is -2.69. The average Bonchev–Trinajstić information content (AvgIpc) is 2.44. The zero-order valence-electron chi connectivity index (χ0n) is 11.4. The second kappa shape index (κ2) is 5.97. The molecule has 3 N–H and O–H groups in total. The van der Waals surface area contributed by atoms with Crippen LogP contribution in [0, 0.1) is 12.3 Å². The van der Waals surface area contributed by atoms with Gasteiger partial charge in [-0.3, -0.25) is 10.3 Å². The number of anilines is 1. The van der Waals surface area contributed by atoms with Crippen LogP contribution >= 0.6 is 0 Å². The lowest BCUT2D eigenvalue weighted by molar-refractivity contribution is 0.981. The van der Waals surface area contributed by atoms with E-state index >= 15 is 0 Å². The molecular weight excluding hydrogens is 250 g/mol. The minimum absolute atomic E-state index is 0.102. The summed E-state index contributed by atoms with van der Waals surface area (Å²) >= 11 is 0. The molecule has 1 aromatic carbocycles. The van der Waals surface area contributed by atoms with Gasteiger partial charge in [-0.2, -0.15) is 0 Å². The van der Waals surface area contributed by atoms with Gasteiger partial charge in [-0.1, -0.05) is 36.4 Å². The Morgan fingerprint density at radius 2 is 2.05 bits per heavy atom. The van der Waals surface area contributed by atoms with E-state index in [9.17, 15) is 0 Å². The monoisotopic (exact) mass is 267 g/mol. The van der Waals surface area contributed by atoms with E-state index in [0.29, 0.717) is 12.5 Å². The molecule has 20 heavy (non-hydrogen) atoms. The summed E-state index contributed by atoms with van der Waals surface area (Å²) in [6.07, 6.45) is 1.66. The fourth-order valence-electron chi connectivity index (χ4n) is 1.85. The smallest absolute Gasteiger partial charge is 0.233 e. The zero-order chi connectivity index (χ0) is 14.5. The third-order valence-corrected chi connectivity index (χ3v) is 2.76. The Morgan fingerprint density at radius 3 is 2.65 bits per heavy atom. The van der Waals surface area contributed by atoms with E-state index in [1.54, 1.807) is 6.08 Å². The highest BCUT2D eigenvalue weighted by Gasteiger charge is 2.13. The highest BCUT2D eigenvalue weighted by atomic mass is 15.3. The van der Waals surface area contributed by atoms with Crippen molar-refractivity contribution in [2.75, 3.05) is 11.4 Å². The highest BCUT2D eigenvalue weighted by molar-refractivity contribution is 5.91. The summed E-state index contributed by atoms with van der Waals surface area (Å²) in [5.41, 5.74) is 8.21. The highest BCUT2D eigenvalue weighted by Crippen LogP contribution is 2.20. The maximum Gasteiger partial charge on any atom is 0.233 e. The van der Waals surface area contributed by atoms with Crippen LogP contribution in [0.3, 0.4) is 0 Å². The number of guanidine groups is 1. The van der Waals surface area contributed by atoms with E-state index in [4.69, 9.17) is 11.1 Å². The van der Waals surface area contributed by atoms with Crippen molar-refractivity contribution in [2.45, 2.75) is 6.92 Å². The van der Waals surface area contributed by atoms with Crippen molar-refractivity contribution in [1.82, 2.24) is 9.97 Å². The average molecular weight is 267 g/mol. The van der Waals surface area contributed by atoms with Crippen LogP contribution in [0.5, 0.6) is 0 Å². The van der Waals surface area contributed by atoms with Crippen LogP contribution in [0.1, 0.15) is 5.69 Å². The Bertz CT molecular complexity index is 621. The Labute approximate surface area is 118 Å². The van der Waals surface area contributed by atoms with Gasteiger partial charge in [0.05, 0.1) is 5.69 Å². The zero-order valence-corrected chi connectivity index (χ0v) is 11.4. The molecule has 0 unspecified atom stereocenters. The summed E-state index contributed by atoms with van der Waals surface area (Å²) in [7, 11) is 0. The molecule has 5 heteroatoms. The van der Waals surface area contributed by atoms with Crippen LogP contribution < -0.4 is 10.6 Å². The van der Waals surface area contributed by atoms with Crippen LogP contribution in [-0.4, -0.2) is 22.5 Å². The molecule has 0 aliphatic rings. The van der Waals surface area contributed by atoms with Crippen molar-refractivity contribution in [3.05, 3.63) is 54.7 Å². The Balaban J connectivity index is 2.48. The first-order chi connectivity index (χ1) is 9.61. The van der Waals surface area contributed by atoms with Gasteiger partial charge in [-0.15, -0.1) is 6.58 Å². The molecule has 5 nitrogen and oxygen atoms in total. The van der Waals surface area contributed by atoms with Crippen LogP contribution in [0.15, 0.2) is 49.1 Å². The van der Waals surface area contributed by atoms with Gasteiger partial charge in [0.1, 0.15) is 0 Å². The number of nitrogens with two attached hydrogens (primary N) is 1. The van der Waals surface area contributed by atoms with Gasteiger partial charge in [-0.05, 0) is 13.0 Å². The van der Waals surface area contributed by atoms with Gasteiger partial charge in [0, 0.05) is 17.8 Å². The van der Waals surface area contributed by atoms with Crippen molar-refractivity contribution in [3.63, 3.8) is 0 Å². The third kappa shape index (κ3) is 3.00. The van der Waals surface area contributed by atoms with Gasteiger partial charge in [0.25, 0.3) is 0 Å². The first kappa shape index (κ1) is 13.7. The molecule has 0 fully saturated rings. The molecule has 0 atom stereocenters. The first-order valence-electron chi connectivity index (χ1n) is 6.25. The molecule has 0 aliphatic heterocycles. The molecule has 2 aromatic rings. The van der Waals surface area contributed by atoms with Crippen molar-refractivity contribution >= 4 is 11.9 Å². The molecule has 0 aliphatic carbocycles. The third-order valence-electron chi connectivity index (χ3n) is 2.76. The lowest BCUT2D eigenvalue weighted by Crippen LogP contribution is -2.38. The van der Waals surface area contributed by atoms with E-state index in [1.165, 1.54) is 4.90 Å². The molecule has 1 aromatic heterocycles. The molecule has 0 saturated heterocycles. The second-order valence-corrected chi connectivity index (χ2v) is 4.35. The quantitative estimate of drug-likeness (QED) is 0.506. The van der Waals surface area contributed by atoms with Gasteiger partial charge in [0.15, 0.2) is 5.96 Å². The van der Waals surface area contributed by atoms with E-state index in [1.807, 2.05) is 43.3 Å². The van der Waals surface area contributed by atoms with Gasteiger partial charge >= 0.3 is 0 Å². The summed E-state index contributed by atoms with van der Waals surface area (Å²) < 4.78 is 0. The summed E-state index contributed by atoms with van der Waals surface area (Å²) in [6.45, 7) is 5.95. The van der Waals surface area contributed by atoms with E-state index in [-0.39, 0.29) is 5.96 Å². The fraction of sp³-hybridized carbons (Fsp3) is 0.133. The number of hydrogen-bond acceptors (Lipinski definition) is 3. The van der Waals surface area contributed by atoms with Crippen LogP contribution in [0.2, 0.25) is 0 Å². The maximum absolute atomic E-state index is 7.61. The molecule has 1 heterocycles. The molecule has 0 spiro atoms. The van der Waals surface area contributed by atoms with Gasteiger partial charge in [-0.25, -0.2) is 9.97 Å². The molecule has 0 radical (unpaired) electrons. The molecule has 102 valence electrons. The standard InChI is InChI=1S/C15H17N5/c1-3-9-20(14(16)17)15-18-11(2)10-13(19-15)12-7-5-4-6-8-12/h3-8,10H,1,9H2,2H3,(H3,16,17). The van der Waals surface area contributed by atoms with Crippen molar-refractivity contribution in [2.24, 2.45) is 5.73 Å². The lowest BCUT2D eigenvalue weighted by atomic mass is 10.1. The van der Waals surface area contributed by atoms with E-state index in [2.05, 4.69) is 16.5 Å². The van der Waals surface area contributed by atoms with E-state index in [0.717, 1.165) is 17.0 Å². The van der Waals surface area contributed by atoms with Crippen molar-refractivity contribution in [3.8, 4) is 11.3 Å². The second-order valence-electron chi connectivity index (χ2n) is 4.35. The van der Waals surface area contributed by atoms with Crippen LogP contribution in [0.25, 0.3) is 11.3 Å². The van der Waals surface area contributed by atoms with Gasteiger partial charge < -0.3 is 5.73 Å². The molecule has 0 bridgehead atoms. The molecule has 2 rings (SSSR count). The Morgan fingerprint density at radius 1 is 1.35 bits per heavy atom. The van der Waals surface area contributed by atoms with Crippen LogP contribution in [-0.2, 0) is 0 Å². The Kier molecular flexibility index (Phi) is 4.10. The van der Waals surface area contributed by atoms with Crippen molar-refractivity contribution < 1.29 is 0 Å². The van der Waals surface area contributed by atoms with E-state index < -0.39 is 0 Å². The first-order valence-corrected chi connectivity index (χ1v) is 6.25. The minimum atomic E-state index is -0.102. The number of rotatable bonds is 4. The number of nitrogens with zero attached hydrogens (tertiary/aromatic N) is 3.